The van der Waals surface area contributed by atoms with Gasteiger partial charge in [-0.3, -0.25) is 0 Å². The fraction of sp³-hybridized carbons (Fsp3) is 0.667. The summed E-state index contributed by atoms with van der Waals surface area (Å²) >= 11 is 6.02. The van der Waals surface area contributed by atoms with Crippen LogP contribution in [0.5, 0.6) is 0 Å². The molecular formula is C12H15ClN2. The minimum absolute atomic E-state index is 0.626. The van der Waals surface area contributed by atoms with Crippen molar-refractivity contribution < 1.29 is 0 Å². The summed E-state index contributed by atoms with van der Waals surface area (Å²) in [6.45, 7) is 0. The lowest BCUT2D eigenvalue weighted by Gasteiger charge is -2.24. The molecule has 2 saturated carbocycles. The Bertz CT molecular complexity index is 370. The van der Waals surface area contributed by atoms with Gasteiger partial charge in [-0.1, -0.05) is 30.9 Å². The highest BCUT2D eigenvalue weighted by atomic mass is 35.5. The number of rotatable bonds is 3. The van der Waals surface area contributed by atoms with Gasteiger partial charge in [-0.25, -0.2) is 9.97 Å². The summed E-state index contributed by atoms with van der Waals surface area (Å²) < 4.78 is 0. The standard InChI is InChI=1S/C12H15ClN2/c13-11-7-10(9-4-5-9)14-12(15-11)6-8-2-1-3-8/h7-9H,1-6H2. The Morgan fingerprint density at radius 1 is 1.20 bits per heavy atom. The van der Waals surface area contributed by atoms with Crippen molar-refractivity contribution in [3.8, 4) is 0 Å². The zero-order valence-electron chi connectivity index (χ0n) is 8.75. The van der Waals surface area contributed by atoms with E-state index >= 15 is 0 Å². The van der Waals surface area contributed by atoms with Gasteiger partial charge >= 0.3 is 0 Å². The molecule has 2 nitrogen and oxygen atoms in total. The lowest BCUT2D eigenvalue weighted by molar-refractivity contribution is 0.309. The van der Waals surface area contributed by atoms with Crippen LogP contribution in [-0.2, 0) is 6.42 Å². The lowest BCUT2D eigenvalue weighted by atomic mass is 9.83. The normalized spacial score (nSPS) is 21.4. The van der Waals surface area contributed by atoms with E-state index in [0.29, 0.717) is 11.1 Å². The van der Waals surface area contributed by atoms with Crippen molar-refractivity contribution >= 4 is 11.6 Å². The highest BCUT2D eigenvalue weighted by Crippen LogP contribution is 2.39. The fourth-order valence-corrected chi connectivity index (χ4v) is 2.33. The molecule has 2 aliphatic carbocycles. The van der Waals surface area contributed by atoms with Crippen LogP contribution < -0.4 is 0 Å². The summed E-state index contributed by atoms with van der Waals surface area (Å²) in [6, 6.07) is 1.93. The van der Waals surface area contributed by atoms with E-state index < -0.39 is 0 Å². The second kappa shape index (κ2) is 3.75. The molecule has 0 saturated heterocycles. The lowest BCUT2D eigenvalue weighted by Crippen LogP contribution is -2.15. The van der Waals surface area contributed by atoms with Gasteiger partial charge in [-0.15, -0.1) is 0 Å². The van der Waals surface area contributed by atoms with Crippen molar-refractivity contribution in [2.24, 2.45) is 5.92 Å². The van der Waals surface area contributed by atoms with E-state index in [9.17, 15) is 0 Å². The first kappa shape index (κ1) is 9.59. The van der Waals surface area contributed by atoms with Crippen molar-refractivity contribution in [1.82, 2.24) is 9.97 Å². The van der Waals surface area contributed by atoms with Crippen LogP contribution in [0.3, 0.4) is 0 Å². The summed E-state index contributed by atoms with van der Waals surface area (Å²) in [5, 5.41) is 0.626. The average molecular weight is 223 g/mol. The van der Waals surface area contributed by atoms with Crippen molar-refractivity contribution in [2.75, 3.05) is 0 Å². The minimum Gasteiger partial charge on any atom is -0.238 e. The summed E-state index contributed by atoms with van der Waals surface area (Å²) in [5.41, 5.74) is 1.17. The van der Waals surface area contributed by atoms with Crippen LogP contribution >= 0.6 is 11.6 Å². The van der Waals surface area contributed by atoms with Gasteiger partial charge in [0.05, 0.1) is 0 Å². The second-order valence-electron chi connectivity index (χ2n) is 4.81. The molecule has 3 heteroatoms. The van der Waals surface area contributed by atoms with Crippen molar-refractivity contribution in [1.29, 1.82) is 0 Å². The van der Waals surface area contributed by atoms with E-state index in [1.807, 2.05) is 6.07 Å². The van der Waals surface area contributed by atoms with Gasteiger partial charge in [0.15, 0.2) is 0 Å². The summed E-state index contributed by atoms with van der Waals surface area (Å²) in [4.78, 5) is 8.94. The van der Waals surface area contributed by atoms with Crippen molar-refractivity contribution in [3.63, 3.8) is 0 Å². The molecule has 0 spiro atoms. The molecule has 0 aromatic carbocycles. The minimum atomic E-state index is 0.626. The first-order valence-corrected chi connectivity index (χ1v) is 6.22. The van der Waals surface area contributed by atoms with Crippen LogP contribution in [0.15, 0.2) is 6.07 Å². The van der Waals surface area contributed by atoms with E-state index in [2.05, 4.69) is 9.97 Å². The monoisotopic (exact) mass is 222 g/mol. The molecule has 0 bridgehead atoms. The SMILES string of the molecule is Clc1cc(C2CC2)nc(CC2CCC2)n1. The molecule has 80 valence electrons. The predicted molar refractivity (Wildman–Crippen MR) is 60.1 cm³/mol. The Morgan fingerprint density at radius 3 is 2.60 bits per heavy atom. The van der Waals surface area contributed by atoms with Gasteiger partial charge < -0.3 is 0 Å². The number of halogens is 1. The third-order valence-corrected chi connectivity index (χ3v) is 3.65. The van der Waals surface area contributed by atoms with Crippen molar-refractivity contribution in [2.45, 2.75) is 44.4 Å². The quantitative estimate of drug-likeness (QED) is 0.733. The van der Waals surface area contributed by atoms with Crippen LogP contribution in [-0.4, -0.2) is 9.97 Å². The highest BCUT2D eigenvalue weighted by molar-refractivity contribution is 6.29. The first-order valence-electron chi connectivity index (χ1n) is 5.84. The molecule has 1 heterocycles. The van der Waals surface area contributed by atoms with E-state index in [0.717, 1.165) is 18.2 Å². The zero-order chi connectivity index (χ0) is 10.3. The number of nitrogens with zero attached hydrogens (tertiary/aromatic N) is 2. The van der Waals surface area contributed by atoms with Gasteiger partial charge in [0.25, 0.3) is 0 Å². The van der Waals surface area contributed by atoms with Gasteiger partial charge in [0.2, 0.25) is 0 Å². The maximum absolute atomic E-state index is 6.02. The number of aromatic nitrogens is 2. The number of hydrogen-bond acceptors (Lipinski definition) is 2. The molecule has 1 aromatic heterocycles. The summed E-state index contributed by atoms with van der Waals surface area (Å²) in [5.74, 6) is 2.45. The third-order valence-electron chi connectivity index (χ3n) is 3.45. The second-order valence-corrected chi connectivity index (χ2v) is 5.19. The zero-order valence-corrected chi connectivity index (χ0v) is 9.50. The van der Waals surface area contributed by atoms with E-state index in [4.69, 9.17) is 11.6 Å². The summed E-state index contributed by atoms with van der Waals surface area (Å²) in [6.07, 6.45) is 7.64. The first-order chi connectivity index (χ1) is 7.31. The van der Waals surface area contributed by atoms with E-state index in [1.54, 1.807) is 0 Å². The largest absolute Gasteiger partial charge is 0.238 e. The van der Waals surface area contributed by atoms with Gasteiger partial charge in [0.1, 0.15) is 11.0 Å². The Balaban J connectivity index is 1.79. The van der Waals surface area contributed by atoms with Gasteiger partial charge in [-0.2, -0.15) is 0 Å². The maximum atomic E-state index is 6.02. The van der Waals surface area contributed by atoms with Crippen LogP contribution in [0, 0.1) is 5.92 Å². The van der Waals surface area contributed by atoms with Crippen LogP contribution in [0.25, 0.3) is 0 Å². The Kier molecular flexibility index (Phi) is 2.39. The predicted octanol–water partition coefficient (Wildman–Crippen LogP) is 3.35. The van der Waals surface area contributed by atoms with E-state index in [-0.39, 0.29) is 0 Å². The van der Waals surface area contributed by atoms with Crippen molar-refractivity contribution in [3.05, 3.63) is 22.7 Å². The molecule has 0 aliphatic heterocycles. The Hall–Kier alpha value is -0.630. The molecule has 0 atom stereocenters. The van der Waals surface area contributed by atoms with Gasteiger partial charge in [0, 0.05) is 18.0 Å². The molecule has 0 N–H and O–H groups in total. The molecular weight excluding hydrogens is 208 g/mol. The fourth-order valence-electron chi connectivity index (χ4n) is 2.12. The molecule has 2 fully saturated rings. The molecule has 1 aromatic rings. The van der Waals surface area contributed by atoms with Crippen LogP contribution in [0.1, 0.15) is 49.5 Å². The molecule has 2 aliphatic rings. The Morgan fingerprint density at radius 2 is 2.00 bits per heavy atom. The maximum Gasteiger partial charge on any atom is 0.133 e. The van der Waals surface area contributed by atoms with E-state index in [1.165, 1.54) is 37.8 Å². The molecule has 0 amide bonds. The topological polar surface area (TPSA) is 25.8 Å². The molecule has 0 radical (unpaired) electrons. The average Bonchev–Trinajstić information content (AvgIpc) is 2.93. The molecule has 15 heavy (non-hydrogen) atoms. The highest BCUT2D eigenvalue weighted by Gasteiger charge is 2.26. The molecule has 0 unspecified atom stereocenters. The Labute approximate surface area is 95.1 Å². The van der Waals surface area contributed by atoms with Crippen LogP contribution in [0.4, 0.5) is 0 Å². The third kappa shape index (κ3) is 2.15. The summed E-state index contributed by atoms with van der Waals surface area (Å²) in [7, 11) is 0. The van der Waals surface area contributed by atoms with Gasteiger partial charge in [-0.05, 0) is 24.8 Å². The molecule has 3 rings (SSSR count). The van der Waals surface area contributed by atoms with Crippen LogP contribution in [0.2, 0.25) is 5.15 Å². The smallest absolute Gasteiger partial charge is 0.133 e. The number of hydrogen-bond donors (Lipinski definition) is 0.